The fourth-order valence-electron chi connectivity index (χ4n) is 1.43. The summed E-state index contributed by atoms with van der Waals surface area (Å²) in [7, 11) is 0. The summed E-state index contributed by atoms with van der Waals surface area (Å²) in [5, 5.41) is 13.5. The van der Waals surface area contributed by atoms with Gasteiger partial charge in [0.25, 0.3) is 0 Å². The molecule has 0 aliphatic heterocycles. The van der Waals surface area contributed by atoms with Crippen molar-refractivity contribution in [3.63, 3.8) is 0 Å². The van der Waals surface area contributed by atoms with E-state index < -0.39 is 23.2 Å². The highest BCUT2D eigenvalue weighted by Crippen LogP contribution is 2.27. The number of hydrogen-bond donors (Lipinski definition) is 3. The first kappa shape index (κ1) is 17.5. The molecule has 0 bridgehead atoms. The van der Waals surface area contributed by atoms with Crippen molar-refractivity contribution in [2.75, 3.05) is 11.9 Å². The maximum absolute atomic E-state index is 13.2. The third kappa shape index (κ3) is 4.47. The smallest absolute Gasteiger partial charge is 0.319 e. The standard InChI is InChI=1S/C13H15Cl2FN2O3/c1-3-13(2,11(19)20)6-17-12(21)18-7-4-8(14)10(16)9(15)5-7/h4-5H,3,6H2,1-2H3,(H,19,20)(H2,17,18,21). The number of urea groups is 1. The number of carboxylic acids is 1. The molecule has 2 amide bonds. The largest absolute Gasteiger partial charge is 0.481 e. The van der Waals surface area contributed by atoms with Gasteiger partial charge in [0.1, 0.15) is 0 Å². The predicted molar refractivity (Wildman–Crippen MR) is 79.5 cm³/mol. The van der Waals surface area contributed by atoms with Gasteiger partial charge in [0.15, 0.2) is 5.82 Å². The molecule has 5 nitrogen and oxygen atoms in total. The predicted octanol–water partition coefficient (Wildman–Crippen LogP) is 3.75. The van der Waals surface area contributed by atoms with Gasteiger partial charge in [-0.15, -0.1) is 0 Å². The highest BCUT2D eigenvalue weighted by molar-refractivity contribution is 6.35. The lowest BCUT2D eigenvalue weighted by Crippen LogP contribution is -2.42. The average Bonchev–Trinajstić information content (AvgIpc) is 2.41. The molecule has 8 heteroatoms. The van der Waals surface area contributed by atoms with Crippen molar-refractivity contribution in [1.82, 2.24) is 5.32 Å². The molecule has 0 aliphatic rings. The molecule has 116 valence electrons. The SMILES string of the molecule is CCC(C)(CNC(=O)Nc1cc(Cl)c(F)c(Cl)c1)C(=O)O. The molecule has 0 aromatic heterocycles. The third-order valence-corrected chi connectivity index (χ3v) is 3.73. The minimum atomic E-state index is -1.06. The number of nitrogens with one attached hydrogen (secondary N) is 2. The third-order valence-electron chi connectivity index (χ3n) is 3.18. The molecule has 1 atom stereocenters. The molecule has 1 unspecified atom stereocenters. The summed E-state index contributed by atoms with van der Waals surface area (Å²) in [5.41, 5.74) is -0.854. The monoisotopic (exact) mass is 336 g/mol. The van der Waals surface area contributed by atoms with Gasteiger partial charge in [-0.05, 0) is 25.5 Å². The van der Waals surface area contributed by atoms with E-state index in [2.05, 4.69) is 10.6 Å². The molecule has 1 rings (SSSR count). The van der Waals surface area contributed by atoms with Crippen LogP contribution in [0.5, 0.6) is 0 Å². The highest BCUT2D eigenvalue weighted by Gasteiger charge is 2.31. The highest BCUT2D eigenvalue weighted by atomic mass is 35.5. The molecular formula is C13H15Cl2FN2O3. The zero-order valence-electron chi connectivity index (χ0n) is 11.5. The van der Waals surface area contributed by atoms with Crippen molar-refractivity contribution in [1.29, 1.82) is 0 Å². The van der Waals surface area contributed by atoms with Crippen molar-refractivity contribution < 1.29 is 19.1 Å². The number of carbonyl (C=O) groups excluding carboxylic acids is 1. The van der Waals surface area contributed by atoms with Crippen molar-refractivity contribution in [2.24, 2.45) is 5.41 Å². The lowest BCUT2D eigenvalue weighted by Gasteiger charge is -2.23. The van der Waals surface area contributed by atoms with E-state index in [9.17, 15) is 14.0 Å². The second-order valence-electron chi connectivity index (χ2n) is 4.78. The molecule has 0 fully saturated rings. The molecule has 0 aliphatic carbocycles. The van der Waals surface area contributed by atoms with E-state index in [0.29, 0.717) is 6.42 Å². The number of rotatable bonds is 5. The molecule has 21 heavy (non-hydrogen) atoms. The zero-order valence-corrected chi connectivity index (χ0v) is 13.0. The van der Waals surface area contributed by atoms with Crippen molar-refractivity contribution in [3.8, 4) is 0 Å². The summed E-state index contributed by atoms with van der Waals surface area (Å²) in [6.07, 6.45) is 0.358. The molecule has 0 radical (unpaired) electrons. The van der Waals surface area contributed by atoms with Crippen LogP contribution in [-0.2, 0) is 4.79 Å². The van der Waals surface area contributed by atoms with E-state index in [1.54, 1.807) is 6.92 Å². The Bertz CT molecular complexity index is 545. The Labute approximate surface area is 131 Å². The Morgan fingerprint density at radius 2 is 1.86 bits per heavy atom. The summed E-state index contributed by atoms with van der Waals surface area (Å²) in [5.74, 6) is -1.77. The van der Waals surface area contributed by atoms with Crippen LogP contribution in [0.25, 0.3) is 0 Å². The minimum absolute atomic E-state index is 0.0483. The second kappa shape index (κ2) is 6.95. The Kier molecular flexibility index (Phi) is 5.80. The molecule has 0 saturated heterocycles. The normalized spacial score (nSPS) is 13.4. The van der Waals surface area contributed by atoms with E-state index in [-0.39, 0.29) is 22.3 Å². The maximum atomic E-state index is 13.2. The molecule has 3 N–H and O–H groups in total. The van der Waals surface area contributed by atoms with Crippen LogP contribution < -0.4 is 10.6 Å². The van der Waals surface area contributed by atoms with Gasteiger partial charge in [-0.1, -0.05) is 30.1 Å². The van der Waals surface area contributed by atoms with Crippen molar-refractivity contribution >= 4 is 40.9 Å². The van der Waals surface area contributed by atoms with Crippen LogP contribution >= 0.6 is 23.2 Å². The van der Waals surface area contributed by atoms with E-state index >= 15 is 0 Å². The van der Waals surface area contributed by atoms with Crippen LogP contribution in [-0.4, -0.2) is 23.7 Å². The van der Waals surface area contributed by atoms with Gasteiger partial charge in [0.2, 0.25) is 0 Å². The zero-order chi connectivity index (χ0) is 16.2. The molecule has 0 heterocycles. The van der Waals surface area contributed by atoms with E-state index in [1.807, 2.05) is 0 Å². The van der Waals surface area contributed by atoms with Gasteiger partial charge < -0.3 is 15.7 Å². The number of halogens is 3. The fourth-order valence-corrected chi connectivity index (χ4v) is 1.92. The number of hydrogen-bond acceptors (Lipinski definition) is 2. The van der Waals surface area contributed by atoms with Crippen LogP contribution in [0.3, 0.4) is 0 Å². The van der Waals surface area contributed by atoms with Crippen LogP contribution in [0.4, 0.5) is 14.9 Å². The summed E-state index contributed by atoms with van der Waals surface area (Å²) in [6.45, 7) is 3.20. The first-order valence-electron chi connectivity index (χ1n) is 6.12. The van der Waals surface area contributed by atoms with Gasteiger partial charge in [-0.3, -0.25) is 4.79 Å². The van der Waals surface area contributed by atoms with Gasteiger partial charge >= 0.3 is 12.0 Å². The molecule has 0 saturated carbocycles. The summed E-state index contributed by atoms with van der Waals surface area (Å²) in [6, 6.07) is 1.78. The quantitative estimate of drug-likeness (QED) is 0.716. The maximum Gasteiger partial charge on any atom is 0.319 e. The summed E-state index contributed by atoms with van der Waals surface area (Å²) < 4.78 is 13.2. The number of anilines is 1. The molecule has 0 spiro atoms. The minimum Gasteiger partial charge on any atom is -0.481 e. The molecule has 1 aromatic rings. The number of carboxylic acid groups (broad SMARTS) is 1. The Morgan fingerprint density at radius 3 is 2.29 bits per heavy atom. The summed E-state index contributed by atoms with van der Waals surface area (Å²) in [4.78, 5) is 22.8. The number of amides is 2. The van der Waals surface area contributed by atoms with Crippen molar-refractivity contribution in [3.05, 3.63) is 28.0 Å². The Hall–Kier alpha value is -1.53. The second-order valence-corrected chi connectivity index (χ2v) is 5.60. The van der Waals surface area contributed by atoms with Crippen LogP contribution in [0, 0.1) is 11.2 Å². The van der Waals surface area contributed by atoms with E-state index in [1.165, 1.54) is 19.1 Å². The lowest BCUT2D eigenvalue weighted by molar-refractivity contribution is -0.147. The topological polar surface area (TPSA) is 78.4 Å². The van der Waals surface area contributed by atoms with Gasteiger partial charge in [0.05, 0.1) is 15.5 Å². The van der Waals surface area contributed by atoms with Gasteiger partial charge in [-0.25, -0.2) is 9.18 Å². The molecular weight excluding hydrogens is 322 g/mol. The van der Waals surface area contributed by atoms with Gasteiger partial charge in [0, 0.05) is 12.2 Å². The fraction of sp³-hybridized carbons (Fsp3) is 0.385. The number of benzene rings is 1. The van der Waals surface area contributed by atoms with E-state index in [4.69, 9.17) is 28.3 Å². The average molecular weight is 337 g/mol. The first-order valence-corrected chi connectivity index (χ1v) is 6.88. The Morgan fingerprint density at radius 1 is 1.33 bits per heavy atom. The molecule has 1 aromatic carbocycles. The summed E-state index contributed by atoms with van der Waals surface area (Å²) >= 11 is 11.2. The number of aliphatic carboxylic acids is 1. The van der Waals surface area contributed by atoms with Crippen LogP contribution in [0.15, 0.2) is 12.1 Å². The Balaban J connectivity index is 2.69. The first-order chi connectivity index (χ1) is 9.69. The van der Waals surface area contributed by atoms with Crippen molar-refractivity contribution in [2.45, 2.75) is 20.3 Å². The number of carbonyl (C=O) groups is 2. The lowest BCUT2D eigenvalue weighted by atomic mass is 9.88. The van der Waals surface area contributed by atoms with E-state index in [0.717, 1.165) is 0 Å². The van der Waals surface area contributed by atoms with Gasteiger partial charge in [-0.2, -0.15) is 0 Å². The van der Waals surface area contributed by atoms with Crippen LogP contribution in [0.1, 0.15) is 20.3 Å². The van der Waals surface area contributed by atoms with Crippen LogP contribution in [0.2, 0.25) is 10.0 Å².